The number of aromatic nitrogens is 4. The summed E-state index contributed by atoms with van der Waals surface area (Å²) in [5.41, 5.74) is 11.8. The summed E-state index contributed by atoms with van der Waals surface area (Å²) in [6, 6.07) is 19.6. The molecule has 284 valence electrons. The average Bonchev–Trinajstić information content (AvgIpc) is 3.75. The predicted octanol–water partition coefficient (Wildman–Crippen LogP) is 6.21. The number of rotatable bonds is 8. The molecule has 55 heavy (non-hydrogen) atoms. The van der Waals surface area contributed by atoms with Gasteiger partial charge in [0.15, 0.2) is 11.5 Å². The van der Waals surface area contributed by atoms with Gasteiger partial charge in [-0.2, -0.15) is 10.1 Å². The second-order valence-electron chi connectivity index (χ2n) is 16.0. The first kappa shape index (κ1) is 35.4. The molecule has 4 aliphatic rings. The Morgan fingerprint density at radius 2 is 1.56 bits per heavy atom. The van der Waals surface area contributed by atoms with Crippen LogP contribution in [-0.2, 0) is 42.7 Å². The maximum Gasteiger partial charge on any atom is 0.246 e. The number of hydrogen-bond acceptors (Lipinski definition) is 10. The van der Waals surface area contributed by atoms with E-state index in [1.807, 2.05) is 13.2 Å². The maximum absolute atomic E-state index is 12.8. The van der Waals surface area contributed by atoms with Gasteiger partial charge in [-0.15, -0.1) is 0 Å². The van der Waals surface area contributed by atoms with Crippen LogP contribution in [0.3, 0.4) is 0 Å². The van der Waals surface area contributed by atoms with Crippen molar-refractivity contribution < 1.29 is 9.59 Å². The molecule has 0 radical (unpaired) electrons. The Kier molecular flexibility index (Phi) is 9.26. The third-order valence-corrected chi connectivity index (χ3v) is 12.4. The summed E-state index contributed by atoms with van der Waals surface area (Å²) in [6.45, 7) is 11.0. The molecule has 0 spiro atoms. The Morgan fingerprint density at radius 1 is 0.800 bits per heavy atom. The summed E-state index contributed by atoms with van der Waals surface area (Å²) in [7, 11) is 3.53. The monoisotopic (exact) mass is 738 g/mol. The van der Waals surface area contributed by atoms with Crippen LogP contribution >= 0.6 is 0 Å². The van der Waals surface area contributed by atoms with Gasteiger partial charge in [0, 0.05) is 89.6 Å². The first-order valence-electron chi connectivity index (χ1n) is 19.7. The molecule has 2 aromatic heterocycles. The highest BCUT2D eigenvalue weighted by atomic mass is 16.2. The standard InChI is InChI=1S/C43H50N10O2/c1-27-6-5-7-28(2)39(27)46-40-36-22-44-43(47-41(36)50(4)48-40)45-34-10-8-30-16-17-51(24-32(30)20-34)23-29-14-18-52(19-15-29)35-11-9-31-25-53(26-33(31)21-35)37-12-13-38(54)49(3)42(37)55/h5-11,20-22,29,37H,12-19,23-26H2,1-4H3,(H,46,48)(H,44,45,47). The number of hydrogen-bond donors (Lipinski definition) is 2. The number of nitrogens with zero attached hydrogens (tertiary/aromatic N) is 8. The van der Waals surface area contributed by atoms with Gasteiger partial charge in [0.05, 0.1) is 11.4 Å². The van der Waals surface area contributed by atoms with E-state index in [2.05, 4.69) is 98.8 Å². The topological polar surface area (TPSA) is 115 Å². The summed E-state index contributed by atoms with van der Waals surface area (Å²) in [4.78, 5) is 43.1. The van der Waals surface area contributed by atoms with E-state index in [1.54, 1.807) is 11.7 Å². The highest BCUT2D eigenvalue weighted by Gasteiger charge is 2.38. The van der Waals surface area contributed by atoms with Crippen LogP contribution in [0.15, 0.2) is 60.8 Å². The molecule has 1 atom stereocenters. The van der Waals surface area contributed by atoms with Crippen LogP contribution < -0.4 is 15.5 Å². The van der Waals surface area contributed by atoms with E-state index in [0.29, 0.717) is 24.7 Å². The van der Waals surface area contributed by atoms with Crippen molar-refractivity contribution in [3.63, 3.8) is 0 Å². The van der Waals surface area contributed by atoms with Crippen LogP contribution in [-0.4, -0.2) is 85.5 Å². The predicted molar refractivity (Wildman–Crippen MR) is 216 cm³/mol. The van der Waals surface area contributed by atoms with E-state index in [0.717, 1.165) is 80.5 Å². The number of aryl methyl sites for hydroxylation is 3. The fourth-order valence-corrected chi connectivity index (χ4v) is 9.10. The van der Waals surface area contributed by atoms with Crippen LogP contribution in [0.1, 0.15) is 59.1 Å². The second-order valence-corrected chi connectivity index (χ2v) is 16.0. The Balaban J connectivity index is 0.795. The number of likely N-dealkylation sites (N-methyl/N-ethyl adjacent to an activating group) is 1. The number of nitrogens with one attached hydrogen (secondary N) is 2. The minimum Gasteiger partial charge on any atom is -0.372 e. The first-order chi connectivity index (χ1) is 26.7. The number of carbonyl (C=O) groups is 2. The molecule has 9 rings (SSSR count). The number of imide groups is 1. The molecular formula is C43H50N10O2. The zero-order valence-electron chi connectivity index (χ0n) is 32.3. The zero-order chi connectivity index (χ0) is 37.8. The molecular weight excluding hydrogens is 689 g/mol. The lowest BCUT2D eigenvalue weighted by molar-refractivity contribution is -0.151. The average molecular weight is 739 g/mol. The lowest BCUT2D eigenvalue weighted by atomic mass is 9.93. The molecule has 0 bridgehead atoms. The zero-order valence-corrected chi connectivity index (χ0v) is 32.3. The summed E-state index contributed by atoms with van der Waals surface area (Å²) in [6.07, 6.45) is 6.33. The van der Waals surface area contributed by atoms with Gasteiger partial charge in [-0.1, -0.05) is 30.3 Å². The van der Waals surface area contributed by atoms with Crippen LogP contribution in [0.5, 0.6) is 0 Å². The fourth-order valence-electron chi connectivity index (χ4n) is 9.10. The summed E-state index contributed by atoms with van der Waals surface area (Å²) in [5, 5.41) is 12.6. The molecule has 5 aromatic rings. The van der Waals surface area contributed by atoms with Crippen molar-refractivity contribution in [2.75, 3.05) is 48.8 Å². The van der Waals surface area contributed by atoms with Crippen LogP contribution in [0.2, 0.25) is 0 Å². The molecule has 3 aromatic carbocycles. The number of benzene rings is 3. The number of likely N-dealkylation sites (tertiary alicyclic amines) is 1. The van der Waals surface area contributed by atoms with Gasteiger partial charge in [-0.25, -0.2) is 9.67 Å². The maximum atomic E-state index is 12.8. The van der Waals surface area contributed by atoms with Crippen molar-refractivity contribution in [2.45, 2.75) is 71.6 Å². The molecule has 12 heteroatoms. The molecule has 12 nitrogen and oxygen atoms in total. The highest BCUT2D eigenvalue weighted by molar-refractivity contribution is 6.00. The van der Waals surface area contributed by atoms with Crippen molar-refractivity contribution in [1.29, 1.82) is 0 Å². The summed E-state index contributed by atoms with van der Waals surface area (Å²) in [5.74, 6) is 1.85. The largest absolute Gasteiger partial charge is 0.372 e. The molecule has 2 N–H and O–H groups in total. The molecule has 2 fully saturated rings. The van der Waals surface area contributed by atoms with E-state index in [4.69, 9.17) is 10.1 Å². The van der Waals surface area contributed by atoms with E-state index < -0.39 is 0 Å². The first-order valence-corrected chi connectivity index (χ1v) is 19.7. The number of amides is 2. The minimum atomic E-state index is -0.207. The van der Waals surface area contributed by atoms with Crippen molar-refractivity contribution >= 4 is 51.7 Å². The quantitative estimate of drug-likeness (QED) is 0.178. The number of piperidine rings is 2. The van der Waals surface area contributed by atoms with E-state index >= 15 is 0 Å². The van der Waals surface area contributed by atoms with Crippen molar-refractivity contribution in [3.8, 4) is 0 Å². The minimum absolute atomic E-state index is 0.0640. The van der Waals surface area contributed by atoms with Crippen LogP contribution in [0, 0.1) is 19.8 Å². The van der Waals surface area contributed by atoms with Crippen molar-refractivity contribution in [3.05, 3.63) is 94.2 Å². The Morgan fingerprint density at radius 3 is 2.38 bits per heavy atom. The number of anilines is 5. The number of fused-ring (bicyclic) bond motifs is 3. The lowest BCUT2D eigenvalue weighted by Gasteiger charge is -2.37. The normalized spacial score (nSPS) is 19.6. The number of carbonyl (C=O) groups excluding carboxylic acids is 2. The molecule has 0 saturated carbocycles. The third kappa shape index (κ3) is 6.93. The van der Waals surface area contributed by atoms with E-state index in [-0.39, 0.29) is 17.9 Å². The Labute approximate surface area is 322 Å². The van der Waals surface area contributed by atoms with Gasteiger partial charge in [-0.05, 0) is 103 Å². The lowest BCUT2D eigenvalue weighted by Crippen LogP contribution is -2.51. The molecule has 4 aliphatic heterocycles. The summed E-state index contributed by atoms with van der Waals surface area (Å²) >= 11 is 0. The van der Waals surface area contributed by atoms with Gasteiger partial charge in [0.25, 0.3) is 0 Å². The Hall–Kier alpha value is -5.33. The van der Waals surface area contributed by atoms with Gasteiger partial charge >= 0.3 is 0 Å². The van der Waals surface area contributed by atoms with Crippen molar-refractivity contribution in [1.82, 2.24) is 34.4 Å². The van der Waals surface area contributed by atoms with Gasteiger partial charge < -0.3 is 15.5 Å². The van der Waals surface area contributed by atoms with Gasteiger partial charge in [0.1, 0.15) is 0 Å². The summed E-state index contributed by atoms with van der Waals surface area (Å²) < 4.78 is 1.80. The number of para-hydroxylation sites is 1. The van der Waals surface area contributed by atoms with E-state index in [1.165, 1.54) is 56.8 Å². The molecule has 2 amide bonds. The van der Waals surface area contributed by atoms with Crippen LogP contribution in [0.25, 0.3) is 11.0 Å². The highest BCUT2D eigenvalue weighted by Crippen LogP contribution is 2.34. The van der Waals surface area contributed by atoms with Gasteiger partial charge in [0.2, 0.25) is 17.8 Å². The van der Waals surface area contributed by atoms with Gasteiger partial charge in [-0.3, -0.25) is 24.3 Å². The molecule has 1 unspecified atom stereocenters. The Bertz CT molecular complexity index is 2270. The second kappa shape index (κ2) is 14.4. The van der Waals surface area contributed by atoms with Crippen LogP contribution in [0.4, 0.5) is 28.8 Å². The molecule has 6 heterocycles. The molecule has 2 saturated heterocycles. The SMILES string of the molecule is Cc1cccc(C)c1Nc1nn(C)c2nc(Nc3ccc4c(c3)CN(CC3CCN(c5ccc6c(c5)CN(C5CCC(=O)N(C)C5=O)C6)CC3)CC4)ncc12. The van der Waals surface area contributed by atoms with E-state index in [9.17, 15) is 9.59 Å². The third-order valence-electron chi connectivity index (χ3n) is 12.4. The van der Waals surface area contributed by atoms with Crippen molar-refractivity contribution in [2.24, 2.45) is 13.0 Å². The fraction of sp³-hybridized carbons (Fsp3) is 0.419. The molecule has 0 aliphatic carbocycles. The smallest absolute Gasteiger partial charge is 0.246 e.